The van der Waals surface area contributed by atoms with Gasteiger partial charge in [0.25, 0.3) is 0 Å². The summed E-state index contributed by atoms with van der Waals surface area (Å²) in [7, 11) is 0. The van der Waals surface area contributed by atoms with Gasteiger partial charge in [0, 0.05) is 11.8 Å². The number of nitrogens with one attached hydrogen (secondary N) is 2. The molecule has 0 fully saturated rings. The Labute approximate surface area is 102 Å². The molecule has 0 aliphatic heterocycles. The topological polar surface area (TPSA) is 67.0 Å². The average molecular weight is 239 g/mol. The lowest BCUT2D eigenvalue weighted by Crippen LogP contribution is -2.36. The minimum atomic E-state index is -0.484. The summed E-state index contributed by atoms with van der Waals surface area (Å²) in [6, 6.07) is -0.0939. The van der Waals surface area contributed by atoms with Gasteiger partial charge in [-0.05, 0) is 26.7 Å². The van der Waals surface area contributed by atoms with Crippen LogP contribution in [0.5, 0.6) is 0 Å². The molecule has 0 aliphatic carbocycles. The molecule has 0 aromatic carbocycles. The highest BCUT2D eigenvalue weighted by molar-refractivity contribution is 5.68. The van der Waals surface area contributed by atoms with E-state index >= 15 is 0 Å². The smallest absolute Gasteiger partial charge is 0.408 e. The first kappa shape index (κ1) is 13.5. The molecular formula is C12H21N3O2. The third-order valence-electron chi connectivity index (χ3n) is 2.22. The Hall–Kier alpha value is -1.52. The molecular weight excluding hydrogens is 218 g/mol. The lowest BCUT2D eigenvalue weighted by atomic mass is 9.99. The van der Waals surface area contributed by atoms with Crippen LogP contribution in [0.15, 0.2) is 12.4 Å². The SMILES string of the molecule is CC(C)C(NC(=O)OC(C)(C)C)c1cn[nH]c1. The largest absolute Gasteiger partial charge is 0.444 e. The van der Waals surface area contributed by atoms with E-state index in [4.69, 9.17) is 4.74 Å². The lowest BCUT2D eigenvalue weighted by Gasteiger charge is -2.25. The van der Waals surface area contributed by atoms with E-state index in [1.165, 1.54) is 0 Å². The lowest BCUT2D eigenvalue weighted by molar-refractivity contribution is 0.0489. The van der Waals surface area contributed by atoms with Gasteiger partial charge in [0.05, 0.1) is 12.2 Å². The molecule has 0 radical (unpaired) electrons. The third kappa shape index (κ3) is 4.46. The van der Waals surface area contributed by atoms with Crippen molar-refractivity contribution in [1.82, 2.24) is 15.5 Å². The van der Waals surface area contributed by atoms with Gasteiger partial charge in [-0.15, -0.1) is 0 Å². The molecule has 0 aliphatic rings. The van der Waals surface area contributed by atoms with Gasteiger partial charge in [0.1, 0.15) is 5.60 Å². The van der Waals surface area contributed by atoms with Crippen molar-refractivity contribution in [3.05, 3.63) is 18.0 Å². The fourth-order valence-corrected chi connectivity index (χ4v) is 1.50. The van der Waals surface area contributed by atoms with Crippen molar-refractivity contribution in [3.63, 3.8) is 0 Å². The normalized spacial score (nSPS) is 13.5. The van der Waals surface area contributed by atoms with E-state index < -0.39 is 11.7 Å². The van der Waals surface area contributed by atoms with Crippen molar-refractivity contribution < 1.29 is 9.53 Å². The first-order chi connectivity index (χ1) is 7.79. The number of H-pyrrole nitrogens is 1. The number of hydrogen-bond acceptors (Lipinski definition) is 3. The third-order valence-corrected chi connectivity index (χ3v) is 2.22. The Kier molecular flexibility index (Phi) is 4.15. The number of aromatic nitrogens is 2. The number of carbonyl (C=O) groups excluding carboxylic acids is 1. The first-order valence-electron chi connectivity index (χ1n) is 5.78. The molecule has 0 bridgehead atoms. The predicted molar refractivity (Wildman–Crippen MR) is 65.5 cm³/mol. The minimum absolute atomic E-state index is 0.0939. The molecule has 1 atom stereocenters. The number of amides is 1. The summed E-state index contributed by atoms with van der Waals surface area (Å²) < 4.78 is 5.24. The van der Waals surface area contributed by atoms with Crippen LogP contribution in [0.4, 0.5) is 4.79 Å². The Morgan fingerprint density at radius 2 is 2.12 bits per heavy atom. The second-order valence-corrected chi connectivity index (χ2v) is 5.40. The van der Waals surface area contributed by atoms with Crippen LogP contribution in [-0.4, -0.2) is 21.9 Å². The van der Waals surface area contributed by atoms with Crippen molar-refractivity contribution in [1.29, 1.82) is 0 Å². The zero-order valence-electron chi connectivity index (χ0n) is 11.1. The van der Waals surface area contributed by atoms with Gasteiger partial charge in [0.15, 0.2) is 0 Å². The molecule has 0 saturated carbocycles. The number of ether oxygens (including phenoxy) is 1. The van der Waals surface area contributed by atoms with Crippen LogP contribution in [0.2, 0.25) is 0 Å². The number of carbonyl (C=O) groups is 1. The van der Waals surface area contributed by atoms with Crippen molar-refractivity contribution in [2.75, 3.05) is 0 Å². The van der Waals surface area contributed by atoms with E-state index in [2.05, 4.69) is 15.5 Å². The average Bonchev–Trinajstić information content (AvgIpc) is 2.63. The summed E-state index contributed by atoms with van der Waals surface area (Å²) >= 11 is 0. The van der Waals surface area contributed by atoms with Crippen LogP contribution >= 0.6 is 0 Å². The Morgan fingerprint density at radius 1 is 1.47 bits per heavy atom. The molecule has 17 heavy (non-hydrogen) atoms. The van der Waals surface area contributed by atoms with Crippen molar-refractivity contribution in [2.24, 2.45) is 5.92 Å². The molecule has 1 aromatic rings. The summed E-state index contributed by atoms with van der Waals surface area (Å²) in [5.41, 5.74) is 0.466. The monoisotopic (exact) mass is 239 g/mol. The number of alkyl carbamates (subject to hydrolysis) is 1. The molecule has 5 nitrogen and oxygen atoms in total. The zero-order chi connectivity index (χ0) is 13.1. The number of hydrogen-bond donors (Lipinski definition) is 2. The van der Waals surface area contributed by atoms with E-state index in [1.54, 1.807) is 12.4 Å². The molecule has 0 spiro atoms. The van der Waals surface area contributed by atoms with E-state index in [0.29, 0.717) is 0 Å². The van der Waals surface area contributed by atoms with E-state index in [9.17, 15) is 4.79 Å². The first-order valence-corrected chi connectivity index (χ1v) is 5.78. The maximum Gasteiger partial charge on any atom is 0.408 e. The van der Waals surface area contributed by atoms with Crippen LogP contribution in [0, 0.1) is 5.92 Å². The van der Waals surface area contributed by atoms with Crippen LogP contribution in [0.25, 0.3) is 0 Å². The van der Waals surface area contributed by atoms with E-state index in [1.807, 2.05) is 34.6 Å². The molecule has 1 unspecified atom stereocenters. The number of rotatable bonds is 3. The van der Waals surface area contributed by atoms with Crippen molar-refractivity contribution in [2.45, 2.75) is 46.3 Å². The van der Waals surface area contributed by atoms with Gasteiger partial charge >= 0.3 is 6.09 Å². The van der Waals surface area contributed by atoms with Crippen molar-refractivity contribution >= 4 is 6.09 Å². The second kappa shape index (κ2) is 5.21. The second-order valence-electron chi connectivity index (χ2n) is 5.40. The minimum Gasteiger partial charge on any atom is -0.444 e. The van der Waals surface area contributed by atoms with Crippen LogP contribution < -0.4 is 5.32 Å². The standard InChI is InChI=1S/C12H21N3O2/c1-8(2)10(9-6-13-14-7-9)15-11(16)17-12(3,4)5/h6-8,10H,1-5H3,(H,13,14)(H,15,16). The molecule has 5 heteroatoms. The highest BCUT2D eigenvalue weighted by atomic mass is 16.6. The van der Waals surface area contributed by atoms with Crippen LogP contribution in [0.1, 0.15) is 46.2 Å². The summed E-state index contributed by atoms with van der Waals surface area (Å²) in [5.74, 6) is 0.264. The van der Waals surface area contributed by atoms with E-state index in [0.717, 1.165) is 5.56 Å². The quantitative estimate of drug-likeness (QED) is 0.852. The number of nitrogens with zero attached hydrogens (tertiary/aromatic N) is 1. The van der Waals surface area contributed by atoms with Crippen LogP contribution in [0.3, 0.4) is 0 Å². The predicted octanol–water partition coefficient (Wildman–Crippen LogP) is 2.63. The van der Waals surface area contributed by atoms with Gasteiger partial charge in [-0.1, -0.05) is 13.8 Å². The van der Waals surface area contributed by atoms with Gasteiger partial charge in [-0.2, -0.15) is 5.10 Å². The molecule has 96 valence electrons. The molecule has 1 rings (SSSR count). The van der Waals surface area contributed by atoms with Gasteiger partial charge in [-0.3, -0.25) is 5.10 Å². The Bertz CT molecular complexity index is 352. The number of aromatic amines is 1. The molecule has 1 heterocycles. The Balaban J connectivity index is 2.66. The van der Waals surface area contributed by atoms with Crippen LogP contribution in [-0.2, 0) is 4.74 Å². The fourth-order valence-electron chi connectivity index (χ4n) is 1.50. The summed E-state index contributed by atoms with van der Waals surface area (Å²) in [4.78, 5) is 11.7. The maximum atomic E-state index is 11.7. The van der Waals surface area contributed by atoms with E-state index in [-0.39, 0.29) is 12.0 Å². The van der Waals surface area contributed by atoms with Gasteiger partial charge in [-0.25, -0.2) is 4.79 Å². The highest BCUT2D eigenvalue weighted by Crippen LogP contribution is 2.21. The molecule has 1 amide bonds. The summed E-state index contributed by atoms with van der Waals surface area (Å²) in [5, 5.41) is 9.49. The Morgan fingerprint density at radius 3 is 2.53 bits per heavy atom. The van der Waals surface area contributed by atoms with Gasteiger partial charge < -0.3 is 10.1 Å². The van der Waals surface area contributed by atoms with Crippen molar-refractivity contribution in [3.8, 4) is 0 Å². The highest BCUT2D eigenvalue weighted by Gasteiger charge is 2.23. The summed E-state index contributed by atoms with van der Waals surface area (Å²) in [6.07, 6.45) is 3.08. The molecule has 1 aromatic heterocycles. The fraction of sp³-hybridized carbons (Fsp3) is 0.667. The molecule has 0 saturated heterocycles. The zero-order valence-corrected chi connectivity index (χ0v) is 11.1. The maximum absolute atomic E-state index is 11.7. The summed E-state index contributed by atoms with van der Waals surface area (Å²) in [6.45, 7) is 9.60. The van der Waals surface area contributed by atoms with Gasteiger partial charge in [0.2, 0.25) is 0 Å². The molecule has 2 N–H and O–H groups in total.